The van der Waals surface area contributed by atoms with Crippen LogP contribution >= 0.6 is 11.3 Å². The van der Waals surface area contributed by atoms with Crippen molar-refractivity contribution in [2.45, 2.75) is 24.8 Å². The van der Waals surface area contributed by atoms with Crippen LogP contribution in [-0.4, -0.2) is 50.7 Å². The van der Waals surface area contributed by atoms with Gasteiger partial charge in [0.25, 0.3) is 5.91 Å². The Balaban J connectivity index is 1.76. The molecule has 24 heavy (non-hydrogen) atoms. The molecule has 0 bridgehead atoms. The van der Waals surface area contributed by atoms with Crippen molar-refractivity contribution in [3.8, 4) is 10.8 Å². The molecule has 2 aromatic heterocycles. The van der Waals surface area contributed by atoms with Crippen LogP contribution in [0.25, 0.3) is 10.8 Å². The number of carboxylic acids is 1. The van der Waals surface area contributed by atoms with Crippen LogP contribution < -0.4 is 5.32 Å². The van der Waals surface area contributed by atoms with Gasteiger partial charge in [0.05, 0.1) is 18.2 Å². The van der Waals surface area contributed by atoms with Gasteiger partial charge in [-0.15, -0.1) is 11.3 Å². The molecule has 9 heteroatoms. The number of thiazole rings is 1. The largest absolute Gasteiger partial charge is 0.481 e. The zero-order chi connectivity index (χ0) is 17.0. The Morgan fingerprint density at radius 1 is 1.25 bits per heavy atom. The Labute approximate surface area is 141 Å². The summed E-state index contributed by atoms with van der Waals surface area (Å²) in [6.07, 6.45) is 5.48. The molecule has 1 amide bonds. The van der Waals surface area contributed by atoms with E-state index in [4.69, 9.17) is 9.84 Å². The smallest absolute Gasteiger partial charge is 0.305 e. The van der Waals surface area contributed by atoms with Crippen LogP contribution in [0.1, 0.15) is 28.9 Å². The van der Waals surface area contributed by atoms with E-state index in [-0.39, 0.29) is 12.3 Å². The molecule has 1 aliphatic heterocycles. The van der Waals surface area contributed by atoms with Crippen molar-refractivity contribution >= 4 is 23.2 Å². The monoisotopic (exact) mass is 348 g/mol. The third-order valence-electron chi connectivity index (χ3n) is 3.80. The number of nitrogens with zero attached hydrogens (tertiary/aromatic N) is 3. The third kappa shape index (κ3) is 3.74. The molecule has 1 fully saturated rings. The van der Waals surface area contributed by atoms with Crippen LogP contribution in [0.5, 0.6) is 0 Å². The minimum absolute atomic E-state index is 0.129. The number of amides is 1. The van der Waals surface area contributed by atoms with Crippen LogP contribution in [0.15, 0.2) is 24.7 Å². The second-order valence-corrected chi connectivity index (χ2v) is 6.55. The lowest BCUT2D eigenvalue weighted by Crippen LogP contribution is -2.53. The maximum Gasteiger partial charge on any atom is 0.305 e. The van der Waals surface area contributed by atoms with Gasteiger partial charge in [-0.25, -0.2) is 15.0 Å². The lowest BCUT2D eigenvalue weighted by molar-refractivity contribution is -0.139. The minimum Gasteiger partial charge on any atom is -0.481 e. The molecule has 0 aliphatic carbocycles. The summed E-state index contributed by atoms with van der Waals surface area (Å²) >= 11 is 1.17. The molecule has 0 spiro atoms. The van der Waals surface area contributed by atoms with E-state index >= 15 is 0 Å². The number of hydrogen-bond acceptors (Lipinski definition) is 7. The Hall–Kier alpha value is -2.39. The molecule has 0 saturated carbocycles. The lowest BCUT2D eigenvalue weighted by Gasteiger charge is -2.36. The highest BCUT2D eigenvalue weighted by atomic mass is 32.1. The highest BCUT2D eigenvalue weighted by molar-refractivity contribution is 7.16. The normalized spacial score (nSPS) is 16.5. The zero-order valence-corrected chi connectivity index (χ0v) is 13.6. The van der Waals surface area contributed by atoms with Crippen molar-refractivity contribution in [1.82, 2.24) is 20.3 Å². The highest BCUT2D eigenvalue weighted by Crippen LogP contribution is 2.27. The van der Waals surface area contributed by atoms with Crippen molar-refractivity contribution in [2.75, 3.05) is 13.2 Å². The van der Waals surface area contributed by atoms with Crippen molar-refractivity contribution in [2.24, 2.45) is 0 Å². The zero-order valence-electron chi connectivity index (χ0n) is 12.8. The van der Waals surface area contributed by atoms with Gasteiger partial charge in [0.1, 0.15) is 4.88 Å². The van der Waals surface area contributed by atoms with E-state index in [0.29, 0.717) is 41.8 Å². The fraction of sp³-hybridized carbons (Fsp3) is 0.400. The van der Waals surface area contributed by atoms with E-state index < -0.39 is 11.5 Å². The average molecular weight is 348 g/mol. The molecule has 1 saturated heterocycles. The van der Waals surface area contributed by atoms with Gasteiger partial charge in [-0.05, 0) is 18.9 Å². The SMILES string of the molecule is O=C(O)CC1(NC(=O)c2cnc(-c3ncccn3)s2)CCOCC1. The Bertz CT molecular complexity index is 728. The molecule has 3 heterocycles. The summed E-state index contributed by atoms with van der Waals surface area (Å²) in [7, 11) is 0. The molecular formula is C15H16N4O4S. The molecule has 3 rings (SSSR count). The third-order valence-corrected chi connectivity index (χ3v) is 4.80. The summed E-state index contributed by atoms with van der Waals surface area (Å²) in [6.45, 7) is 0.860. The topological polar surface area (TPSA) is 114 Å². The van der Waals surface area contributed by atoms with Crippen molar-refractivity contribution in [3.05, 3.63) is 29.5 Å². The van der Waals surface area contributed by atoms with Gasteiger partial charge in [0, 0.05) is 25.6 Å². The number of hydrogen-bond donors (Lipinski definition) is 2. The molecular weight excluding hydrogens is 332 g/mol. The first kappa shape index (κ1) is 16.5. The maximum absolute atomic E-state index is 12.5. The van der Waals surface area contributed by atoms with E-state index in [1.165, 1.54) is 17.5 Å². The van der Waals surface area contributed by atoms with Gasteiger partial charge >= 0.3 is 5.97 Å². The molecule has 0 unspecified atom stereocenters. The second kappa shape index (κ2) is 7.02. The molecule has 0 radical (unpaired) electrons. The Kier molecular flexibility index (Phi) is 4.81. The quantitative estimate of drug-likeness (QED) is 0.838. The van der Waals surface area contributed by atoms with Crippen LogP contribution in [0, 0.1) is 0 Å². The standard InChI is InChI=1S/C15H16N4O4S/c20-11(21)8-15(2-6-23-7-3-15)19-13(22)10-9-18-14(24-10)12-16-4-1-5-17-12/h1,4-5,9H,2-3,6-8H2,(H,19,22)(H,20,21). The molecule has 2 aromatic rings. The average Bonchev–Trinajstić information content (AvgIpc) is 3.06. The van der Waals surface area contributed by atoms with Crippen molar-refractivity contribution < 1.29 is 19.4 Å². The summed E-state index contributed by atoms with van der Waals surface area (Å²) in [4.78, 5) is 36.5. The molecule has 126 valence electrons. The predicted octanol–water partition coefficient (Wildman–Crippen LogP) is 1.35. The lowest BCUT2D eigenvalue weighted by atomic mass is 9.86. The molecule has 1 aliphatic rings. The summed E-state index contributed by atoms with van der Waals surface area (Å²) in [6, 6.07) is 1.70. The first-order chi connectivity index (χ1) is 11.6. The Morgan fingerprint density at radius 3 is 2.62 bits per heavy atom. The van der Waals surface area contributed by atoms with Gasteiger partial charge in [0.2, 0.25) is 0 Å². The Morgan fingerprint density at radius 2 is 1.96 bits per heavy atom. The van der Waals surface area contributed by atoms with E-state index in [2.05, 4.69) is 20.3 Å². The highest BCUT2D eigenvalue weighted by Gasteiger charge is 2.37. The van der Waals surface area contributed by atoms with E-state index in [9.17, 15) is 9.59 Å². The summed E-state index contributed by atoms with van der Waals surface area (Å²) in [5, 5.41) is 12.6. The fourth-order valence-corrected chi connectivity index (χ4v) is 3.35. The van der Waals surface area contributed by atoms with E-state index in [0.717, 1.165) is 0 Å². The number of aromatic nitrogens is 3. The minimum atomic E-state index is -0.945. The van der Waals surface area contributed by atoms with Crippen LogP contribution in [-0.2, 0) is 9.53 Å². The summed E-state index contributed by atoms with van der Waals surface area (Å²) in [5.74, 6) is -0.828. The molecule has 0 aromatic carbocycles. The number of aliphatic carboxylic acids is 1. The number of carboxylic acid groups (broad SMARTS) is 1. The number of carbonyl (C=O) groups excluding carboxylic acids is 1. The number of nitrogens with one attached hydrogen (secondary N) is 1. The van der Waals surface area contributed by atoms with Crippen LogP contribution in [0.3, 0.4) is 0 Å². The number of carbonyl (C=O) groups is 2. The molecule has 0 atom stereocenters. The first-order valence-corrected chi connectivity index (χ1v) is 8.25. The van der Waals surface area contributed by atoms with Crippen molar-refractivity contribution in [1.29, 1.82) is 0 Å². The molecule has 8 nitrogen and oxygen atoms in total. The van der Waals surface area contributed by atoms with Gasteiger partial charge in [0.15, 0.2) is 10.8 Å². The second-order valence-electron chi connectivity index (χ2n) is 5.52. The van der Waals surface area contributed by atoms with E-state index in [1.54, 1.807) is 18.5 Å². The van der Waals surface area contributed by atoms with Crippen LogP contribution in [0.2, 0.25) is 0 Å². The van der Waals surface area contributed by atoms with Gasteiger partial charge < -0.3 is 15.2 Å². The summed E-state index contributed by atoms with van der Waals surface area (Å²) in [5.41, 5.74) is -0.783. The summed E-state index contributed by atoms with van der Waals surface area (Å²) < 4.78 is 5.29. The van der Waals surface area contributed by atoms with Gasteiger partial charge in [-0.3, -0.25) is 9.59 Å². The van der Waals surface area contributed by atoms with Crippen LogP contribution in [0.4, 0.5) is 0 Å². The molecule has 2 N–H and O–H groups in total. The first-order valence-electron chi connectivity index (χ1n) is 7.43. The van der Waals surface area contributed by atoms with E-state index in [1.807, 2.05) is 0 Å². The maximum atomic E-state index is 12.5. The predicted molar refractivity (Wildman–Crippen MR) is 85.6 cm³/mol. The van der Waals surface area contributed by atoms with Crippen molar-refractivity contribution in [3.63, 3.8) is 0 Å². The number of rotatable bonds is 5. The van der Waals surface area contributed by atoms with Gasteiger partial charge in [-0.1, -0.05) is 0 Å². The van der Waals surface area contributed by atoms with Gasteiger partial charge in [-0.2, -0.15) is 0 Å². The number of ether oxygens (including phenoxy) is 1. The fourth-order valence-electron chi connectivity index (χ4n) is 2.59.